The molecule has 1 saturated heterocycles. The maximum atomic E-state index is 13.0. The second-order valence-corrected chi connectivity index (χ2v) is 5.28. The fourth-order valence-electron chi connectivity index (χ4n) is 1.90. The van der Waals surface area contributed by atoms with Crippen molar-refractivity contribution in [3.63, 3.8) is 0 Å². The summed E-state index contributed by atoms with van der Waals surface area (Å²) in [6.07, 6.45) is 0. The summed E-state index contributed by atoms with van der Waals surface area (Å²) in [7, 11) is 0. The summed E-state index contributed by atoms with van der Waals surface area (Å²) in [5.41, 5.74) is 5.62. The fourth-order valence-corrected chi connectivity index (χ4v) is 2.61. The Labute approximate surface area is 123 Å². The van der Waals surface area contributed by atoms with E-state index < -0.39 is 17.8 Å². The molecule has 2 rings (SSSR count). The highest BCUT2D eigenvalue weighted by molar-refractivity contribution is 14.1. The van der Waals surface area contributed by atoms with Gasteiger partial charge >= 0.3 is 0 Å². The number of hydrogen-bond donors (Lipinski definition) is 1. The van der Waals surface area contributed by atoms with Gasteiger partial charge in [0.15, 0.2) is 0 Å². The second-order valence-electron chi connectivity index (χ2n) is 4.12. The van der Waals surface area contributed by atoms with Crippen molar-refractivity contribution in [3.8, 4) is 0 Å². The zero-order chi connectivity index (χ0) is 14.0. The van der Waals surface area contributed by atoms with E-state index in [4.69, 9.17) is 10.5 Å². The monoisotopic (exact) mass is 378 g/mol. The first-order valence-electron chi connectivity index (χ1n) is 5.64. The van der Waals surface area contributed by atoms with Crippen LogP contribution in [0.5, 0.6) is 0 Å². The molecular formula is C12H12FIN2O3. The average molecular weight is 378 g/mol. The van der Waals surface area contributed by atoms with Gasteiger partial charge in [0.25, 0.3) is 5.91 Å². The predicted molar refractivity (Wildman–Crippen MR) is 74.0 cm³/mol. The van der Waals surface area contributed by atoms with Crippen LogP contribution < -0.4 is 5.73 Å². The Hall–Kier alpha value is -1.22. The number of hydrogen-bond acceptors (Lipinski definition) is 3. The van der Waals surface area contributed by atoms with Crippen molar-refractivity contribution in [2.45, 2.75) is 6.04 Å². The number of nitrogens with two attached hydrogens (primary N) is 1. The maximum Gasteiger partial charge on any atom is 0.255 e. The minimum atomic E-state index is -0.776. The van der Waals surface area contributed by atoms with Gasteiger partial charge in [0.1, 0.15) is 11.9 Å². The number of rotatable bonds is 2. The van der Waals surface area contributed by atoms with Gasteiger partial charge in [-0.05, 0) is 40.8 Å². The zero-order valence-electron chi connectivity index (χ0n) is 9.94. The molecule has 1 aliphatic rings. The molecule has 1 fully saturated rings. The Kier molecular flexibility index (Phi) is 4.35. The number of carbonyl (C=O) groups excluding carboxylic acids is 2. The quantitative estimate of drug-likeness (QED) is 0.773. The Balaban J connectivity index is 2.28. The summed E-state index contributed by atoms with van der Waals surface area (Å²) in [4.78, 5) is 25.1. The van der Waals surface area contributed by atoms with Crippen molar-refractivity contribution in [2.75, 3.05) is 19.8 Å². The summed E-state index contributed by atoms with van der Waals surface area (Å²) < 4.78 is 18.7. The van der Waals surface area contributed by atoms with Gasteiger partial charge in [-0.1, -0.05) is 0 Å². The number of amides is 2. The van der Waals surface area contributed by atoms with Gasteiger partial charge in [0, 0.05) is 10.1 Å². The molecule has 1 unspecified atom stereocenters. The molecule has 2 amide bonds. The number of halogens is 2. The smallest absolute Gasteiger partial charge is 0.255 e. The van der Waals surface area contributed by atoms with Crippen molar-refractivity contribution in [3.05, 3.63) is 33.1 Å². The lowest BCUT2D eigenvalue weighted by atomic mass is 10.1. The lowest BCUT2D eigenvalue weighted by Crippen LogP contribution is -2.54. The normalized spacial score (nSPS) is 19.3. The van der Waals surface area contributed by atoms with Gasteiger partial charge < -0.3 is 15.4 Å². The molecule has 2 N–H and O–H groups in total. The minimum absolute atomic E-state index is 0.0961. The van der Waals surface area contributed by atoms with Crippen LogP contribution in [0.25, 0.3) is 0 Å². The van der Waals surface area contributed by atoms with Crippen molar-refractivity contribution in [1.29, 1.82) is 0 Å². The first kappa shape index (κ1) is 14.2. The summed E-state index contributed by atoms with van der Waals surface area (Å²) in [6, 6.07) is 3.12. The van der Waals surface area contributed by atoms with E-state index in [0.29, 0.717) is 22.3 Å². The molecular weight excluding hydrogens is 366 g/mol. The Bertz CT molecular complexity index is 524. The predicted octanol–water partition coefficient (Wildman–Crippen LogP) is 0.757. The molecule has 0 spiro atoms. The molecule has 1 atom stereocenters. The first-order chi connectivity index (χ1) is 9.00. The van der Waals surface area contributed by atoms with Crippen molar-refractivity contribution in [1.82, 2.24) is 4.90 Å². The van der Waals surface area contributed by atoms with Gasteiger partial charge in [-0.2, -0.15) is 0 Å². The van der Waals surface area contributed by atoms with E-state index in [9.17, 15) is 14.0 Å². The average Bonchev–Trinajstić information content (AvgIpc) is 2.38. The van der Waals surface area contributed by atoms with Crippen LogP contribution in [0.1, 0.15) is 10.4 Å². The molecule has 1 heterocycles. The van der Waals surface area contributed by atoms with Gasteiger partial charge in [0.2, 0.25) is 5.91 Å². The van der Waals surface area contributed by atoms with Crippen LogP contribution in [0.2, 0.25) is 0 Å². The number of ether oxygens (including phenoxy) is 1. The summed E-state index contributed by atoms with van der Waals surface area (Å²) >= 11 is 1.89. The van der Waals surface area contributed by atoms with Crippen LogP contribution in [0.15, 0.2) is 18.2 Å². The van der Waals surface area contributed by atoms with E-state index in [0.717, 1.165) is 0 Å². The van der Waals surface area contributed by atoms with E-state index in [-0.39, 0.29) is 12.5 Å². The number of nitrogens with zero attached hydrogens (tertiary/aromatic N) is 1. The fraction of sp³-hybridized carbons (Fsp3) is 0.333. The molecule has 0 aromatic heterocycles. The van der Waals surface area contributed by atoms with Crippen LogP contribution in [0.3, 0.4) is 0 Å². The third-order valence-electron chi connectivity index (χ3n) is 2.88. The highest BCUT2D eigenvalue weighted by Crippen LogP contribution is 2.18. The van der Waals surface area contributed by atoms with Crippen LogP contribution in [-0.2, 0) is 9.53 Å². The molecule has 1 aromatic rings. The van der Waals surface area contributed by atoms with Crippen LogP contribution in [0.4, 0.5) is 4.39 Å². The van der Waals surface area contributed by atoms with Crippen LogP contribution in [0, 0.1) is 9.39 Å². The Morgan fingerprint density at radius 3 is 2.84 bits per heavy atom. The molecule has 1 aromatic carbocycles. The standard InChI is InChI=1S/C12H12FIN2O3/c13-7-1-2-8(9(14)5-7)12(18)16-3-4-19-6-10(16)11(15)17/h1-2,5,10H,3-4,6H2,(H2,15,17). The number of morpholine rings is 1. The SMILES string of the molecule is NC(=O)C1COCCN1C(=O)c1ccc(F)cc1I. The summed E-state index contributed by atoms with van der Waals surface area (Å²) in [5.74, 6) is -1.35. The number of carbonyl (C=O) groups is 2. The third-order valence-corrected chi connectivity index (χ3v) is 3.77. The van der Waals surface area contributed by atoms with E-state index in [1.165, 1.54) is 23.1 Å². The molecule has 102 valence electrons. The van der Waals surface area contributed by atoms with Gasteiger partial charge in [0.05, 0.1) is 18.8 Å². The van der Waals surface area contributed by atoms with Gasteiger partial charge in [-0.15, -0.1) is 0 Å². The zero-order valence-corrected chi connectivity index (χ0v) is 12.1. The minimum Gasteiger partial charge on any atom is -0.377 e. The van der Waals surface area contributed by atoms with Crippen molar-refractivity contribution >= 4 is 34.4 Å². The number of benzene rings is 1. The lowest BCUT2D eigenvalue weighted by Gasteiger charge is -2.33. The van der Waals surface area contributed by atoms with E-state index in [1.807, 2.05) is 22.6 Å². The largest absolute Gasteiger partial charge is 0.377 e. The highest BCUT2D eigenvalue weighted by Gasteiger charge is 2.32. The highest BCUT2D eigenvalue weighted by atomic mass is 127. The molecule has 0 bridgehead atoms. The van der Waals surface area contributed by atoms with E-state index in [1.54, 1.807) is 0 Å². The van der Waals surface area contributed by atoms with Crippen molar-refractivity contribution < 1.29 is 18.7 Å². The molecule has 0 radical (unpaired) electrons. The third kappa shape index (κ3) is 3.03. The Morgan fingerprint density at radius 2 is 2.21 bits per heavy atom. The molecule has 19 heavy (non-hydrogen) atoms. The van der Waals surface area contributed by atoms with Gasteiger partial charge in [-0.25, -0.2) is 4.39 Å². The van der Waals surface area contributed by atoms with Gasteiger partial charge in [-0.3, -0.25) is 9.59 Å². The molecule has 0 saturated carbocycles. The molecule has 1 aliphatic heterocycles. The molecule has 7 heteroatoms. The molecule has 0 aliphatic carbocycles. The Morgan fingerprint density at radius 1 is 1.47 bits per heavy atom. The van der Waals surface area contributed by atoms with Crippen LogP contribution >= 0.6 is 22.6 Å². The van der Waals surface area contributed by atoms with Crippen molar-refractivity contribution in [2.24, 2.45) is 5.73 Å². The first-order valence-corrected chi connectivity index (χ1v) is 6.71. The number of primary amides is 1. The second kappa shape index (κ2) is 5.83. The van der Waals surface area contributed by atoms with E-state index >= 15 is 0 Å². The topological polar surface area (TPSA) is 72.6 Å². The van der Waals surface area contributed by atoms with E-state index in [2.05, 4.69) is 0 Å². The summed E-state index contributed by atoms with van der Waals surface area (Å²) in [5, 5.41) is 0. The lowest BCUT2D eigenvalue weighted by molar-refractivity contribution is -0.127. The van der Waals surface area contributed by atoms with Crippen LogP contribution in [-0.4, -0.2) is 42.5 Å². The summed E-state index contributed by atoms with van der Waals surface area (Å²) in [6.45, 7) is 0.742. The maximum absolute atomic E-state index is 13.0. The molecule has 5 nitrogen and oxygen atoms in total.